The van der Waals surface area contributed by atoms with Gasteiger partial charge >= 0.3 is 0 Å². The molecule has 0 aliphatic heterocycles. The van der Waals surface area contributed by atoms with E-state index < -0.39 is 10.0 Å². The monoisotopic (exact) mass is 351 g/mol. The molecule has 0 aliphatic rings. The van der Waals surface area contributed by atoms with Gasteiger partial charge in [-0.05, 0) is 12.5 Å². The largest absolute Gasteiger partial charge is 0.248 e. The van der Waals surface area contributed by atoms with E-state index in [9.17, 15) is 8.42 Å². The zero-order valence-electron chi connectivity index (χ0n) is 10.4. The van der Waals surface area contributed by atoms with Crippen LogP contribution in [-0.2, 0) is 23.0 Å². The van der Waals surface area contributed by atoms with Crippen molar-refractivity contribution in [3.63, 3.8) is 0 Å². The maximum atomic E-state index is 12.1. The number of rotatable bonds is 5. The van der Waals surface area contributed by atoms with Crippen molar-refractivity contribution in [1.82, 2.24) is 14.7 Å². The standard InChI is InChI=1S/C11H11Cl2N3O2S2/c1-2-7-4-14-10(19-7)6-16-20(17,18)8-3-9(12)11(13)15-5-8/h3-5,16H,2,6H2,1H3. The first-order valence-corrected chi connectivity index (χ1v) is 8.72. The van der Waals surface area contributed by atoms with Gasteiger partial charge in [-0.2, -0.15) is 0 Å². The molecule has 0 spiro atoms. The normalized spacial score (nSPS) is 11.8. The highest BCUT2D eigenvalue weighted by molar-refractivity contribution is 7.89. The molecular weight excluding hydrogens is 341 g/mol. The Bertz CT molecular complexity index is 716. The van der Waals surface area contributed by atoms with E-state index in [1.54, 1.807) is 6.20 Å². The first-order chi connectivity index (χ1) is 9.42. The summed E-state index contributed by atoms with van der Waals surface area (Å²) in [6.45, 7) is 2.15. The van der Waals surface area contributed by atoms with Gasteiger partial charge in [0.05, 0.1) is 11.6 Å². The lowest BCUT2D eigenvalue weighted by molar-refractivity contribution is 0.580. The maximum absolute atomic E-state index is 12.1. The van der Waals surface area contributed by atoms with Crippen LogP contribution >= 0.6 is 34.5 Å². The van der Waals surface area contributed by atoms with E-state index in [2.05, 4.69) is 14.7 Å². The van der Waals surface area contributed by atoms with Gasteiger partial charge < -0.3 is 0 Å². The molecule has 20 heavy (non-hydrogen) atoms. The Morgan fingerprint density at radius 2 is 2.05 bits per heavy atom. The average Bonchev–Trinajstić information content (AvgIpc) is 2.87. The second-order valence-electron chi connectivity index (χ2n) is 3.84. The van der Waals surface area contributed by atoms with Gasteiger partial charge in [-0.25, -0.2) is 23.1 Å². The maximum Gasteiger partial charge on any atom is 0.242 e. The Morgan fingerprint density at radius 3 is 2.65 bits per heavy atom. The SMILES string of the molecule is CCc1cnc(CNS(=O)(=O)c2cnc(Cl)c(Cl)c2)s1. The lowest BCUT2D eigenvalue weighted by Crippen LogP contribution is -2.23. The van der Waals surface area contributed by atoms with Gasteiger partial charge in [0.25, 0.3) is 0 Å². The Hall–Kier alpha value is -0.730. The fourth-order valence-electron chi connectivity index (χ4n) is 1.38. The quantitative estimate of drug-likeness (QED) is 0.840. The highest BCUT2D eigenvalue weighted by Crippen LogP contribution is 2.22. The van der Waals surface area contributed by atoms with Crippen LogP contribution in [0.4, 0.5) is 0 Å². The minimum atomic E-state index is -3.68. The summed E-state index contributed by atoms with van der Waals surface area (Å²) in [5.41, 5.74) is 0. The average molecular weight is 352 g/mol. The summed E-state index contributed by atoms with van der Waals surface area (Å²) in [6.07, 6.45) is 3.78. The zero-order valence-corrected chi connectivity index (χ0v) is 13.6. The van der Waals surface area contributed by atoms with Crippen molar-refractivity contribution < 1.29 is 8.42 Å². The number of nitrogens with one attached hydrogen (secondary N) is 1. The van der Waals surface area contributed by atoms with Gasteiger partial charge in [-0.15, -0.1) is 11.3 Å². The van der Waals surface area contributed by atoms with Gasteiger partial charge in [0.1, 0.15) is 15.1 Å². The number of hydrogen-bond acceptors (Lipinski definition) is 5. The third kappa shape index (κ3) is 3.67. The van der Waals surface area contributed by atoms with Crippen molar-refractivity contribution in [2.75, 3.05) is 0 Å². The number of aryl methyl sites for hydroxylation is 1. The fraction of sp³-hybridized carbons (Fsp3) is 0.273. The zero-order chi connectivity index (χ0) is 14.8. The van der Waals surface area contributed by atoms with Crippen molar-refractivity contribution in [1.29, 1.82) is 0 Å². The van der Waals surface area contributed by atoms with Crippen LogP contribution in [0.3, 0.4) is 0 Å². The molecule has 5 nitrogen and oxygen atoms in total. The molecule has 2 aromatic heterocycles. The van der Waals surface area contributed by atoms with Crippen molar-refractivity contribution in [2.24, 2.45) is 0 Å². The van der Waals surface area contributed by atoms with Crippen LogP contribution in [0.25, 0.3) is 0 Å². The summed E-state index contributed by atoms with van der Waals surface area (Å²) in [6, 6.07) is 1.26. The van der Waals surface area contributed by atoms with E-state index >= 15 is 0 Å². The van der Waals surface area contributed by atoms with E-state index in [1.807, 2.05) is 6.92 Å². The van der Waals surface area contributed by atoms with Crippen molar-refractivity contribution >= 4 is 44.6 Å². The van der Waals surface area contributed by atoms with Crippen LogP contribution in [0.2, 0.25) is 10.2 Å². The number of pyridine rings is 1. The van der Waals surface area contributed by atoms with Gasteiger partial charge in [0.15, 0.2) is 0 Å². The Balaban J connectivity index is 2.12. The fourth-order valence-corrected chi connectivity index (χ4v) is 3.57. The van der Waals surface area contributed by atoms with Gasteiger partial charge in [0.2, 0.25) is 10.0 Å². The summed E-state index contributed by atoms with van der Waals surface area (Å²) in [5.74, 6) is 0. The first-order valence-electron chi connectivity index (χ1n) is 5.66. The Morgan fingerprint density at radius 1 is 1.30 bits per heavy atom. The van der Waals surface area contributed by atoms with Crippen molar-refractivity contribution in [2.45, 2.75) is 24.8 Å². The third-order valence-electron chi connectivity index (χ3n) is 2.44. The van der Waals surface area contributed by atoms with Crippen LogP contribution in [-0.4, -0.2) is 18.4 Å². The van der Waals surface area contributed by atoms with Crippen LogP contribution in [0.15, 0.2) is 23.4 Å². The molecule has 0 fully saturated rings. The van der Waals surface area contributed by atoms with E-state index in [1.165, 1.54) is 17.4 Å². The summed E-state index contributed by atoms with van der Waals surface area (Å²) in [5, 5.41) is 0.869. The molecule has 108 valence electrons. The molecule has 0 saturated heterocycles. The predicted molar refractivity (Wildman–Crippen MR) is 79.8 cm³/mol. The summed E-state index contributed by atoms with van der Waals surface area (Å²) in [4.78, 5) is 8.94. The highest BCUT2D eigenvalue weighted by Gasteiger charge is 2.16. The van der Waals surface area contributed by atoms with Crippen molar-refractivity contribution in [3.05, 3.63) is 38.5 Å². The molecule has 0 unspecified atom stereocenters. The summed E-state index contributed by atoms with van der Waals surface area (Å²) < 4.78 is 26.6. The molecule has 0 saturated carbocycles. The molecule has 2 aromatic rings. The van der Waals surface area contributed by atoms with E-state index in [0.29, 0.717) is 5.01 Å². The lowest BCUT2D eigenvalue weighted by Gasteiger charge is -2.05. The molecular formula is C11H11Cl2N3O2S2. The van der Waals surface area contributed by atoms with Gasteiger partial charge in [-0.1, -0.05) is 30.1 Å². The minimum Gasteiger partial charge on any atom is -0.248 e. The van der Waals surface area contributed by atoms with Gasteiger partial charge in [0, 0.05) is 17.3 Å². The second kappa shape index (κ2) is 6.36. The molecule has 0 atom stereocenters. The smallest absolute Gasteiger partial charge is 0.242 e. The van der Waals surface area contributed by atoms with E-state index in [4.69, 9.17) is 23.2 Å². The number of hydrogen-bond donors (Lipinski definition) is 1. The summed E-state index contributed by atoms with van der Waals surface area (Å²) >= 11 is 12.9. The molecule has 0 aromatic carbocycles. The van der Waals surface area contributed by atoms with Crippen LogP contribution < -0.4 is 4.72 Å². The third-order valence-corrected chi connectivity index (χ3v) is 5.64. The predicted octanol–water partition coefficient (Wildman–Crippen LogP) is 2.89. The van der Waals surface area contributed by atoms with Crippen molar-refractivity contribution in [3.8, 4) is 0 Å². The molecule has 0 aliphatic carbocycles. The molecule has 1 N–H and O–H groups in total. The first kappa shape index (κ1) is 15.7. The van der Waals surface area contributed by atoms with Crippen LogP contribution in [0.1, 0.15) is 16.8 Å². The molecule has 2 heterocycles. The molecule has 0 radical (unpaired) electrons. The summed E-state index contributed by atoms with van der Waals surface area (Å²) in [7, 11) is -3.68. The van der Waals surface area contributed by atoms with Crippen LogP contribution in [0, 0.1) is 0 Å². The topological polar surface area (TPSA) is 72.0 Å². The Labute approximate surface area is 131 Å². The van der Waals surface area contributed by atoms with E-state index in [-0.39, 0.29) is 21.6 Å². The highest BCUT2D eigenvalue weighted by atomic mass is 35.5. The molecule has 0 amide bonds. The second-order valence-corrected chi connectivity index (χ2v) is 7.57. The number of thiazole rings is 1. The minimum absolute atomic E-state index is 0.0285. The molecule has 0 bridgehead atoms. The molecule has 2 rings (SSSR count). The lowest BCUT2D eigenvalue weighted by atomic mass is 10.4. The number of sulfonamides is 1. The Kier molecular flexibility index (Phi) is 4.98. The van der Waals surface area contributed by atoms with Gasteiger partial charge in [-0.3, -0.25) is 0 Å². The molecule has 9 heteroatoms. The number of halogens is 2. The van der Waals surface area contributed by atoms with E-state index in [0.717, 1.165) is 17.5 Å². The van der Waals surface area contributed by atoms with Crippen LogP contribution in [0.5, 0.6) is 0 Å². The number of aromatic nitrogens is 2. The number of nitrogens with zero attached hydrogens (tertiary/aromatic N) is 2.